The predicted octanol–water partition coefficient (Wildman–Crippen LogP) is 12.3. The van der Waals surface area contributed by atoms with Gasteiger partial charge < -0.3 is 28.1 Å². The van der Waals surface area contributed by atoms with Gasteiger partial charge in [0.15, 0.2) is 0 Å². The molecule has 3 aromatic heterocycles. The topological polar surface area (TPSA) is 36.5 Å². The smallest absolute Gasteiger partial charge is 0.260 e. The van der Waals surface area contributed by atoms with Crippen molar-refractivity contribution in [3.63, 3.8) is 0 Å². The molecule has 14 aromatic rings. The third-order valence-electron chi connectivity index (χ3n) is 16.7. The van der Waals surface area contributed by atoms with E-state index >= 15 is 0 Å². The number of hydrogen-bond acceptors (Lipinski definition) is 3. The zero-order valence-corrected chi connectivity index (χ0v) is 39.7. The average Bonchev–Trinajstić information content (AvgIpc) is 4.23. The van der Waals surface area contributed by atoms with Crippen LogP contribution in [0.3, 0.4) is 0 Å². The van der Waals surface area contributed by atoms with Gasteiger partial charge in [0.05, 0.1) is 38.8 Å². The molecule has 4 aliphatic heterocycles. The minimum Gasteiger partial charge on any atom is -0.458 e. The summed E-state index contributed by atoms with van der Waals surface area (Å²) < 4.78 is 21.9. The quantitative estimate of drug-likeness (QED) is 0.165. The first-order chi connectivity index (χ1) is 36.7. The molecule has 4 aliphatic rings. The van der Waals surface area contributed by atoms with Crippen molar-refractivity contribution in [2.24, 2.45) is 0 Å². The van der Waals surface area contributed by atoms with E-state index in [4.69, 9.17) is 9.47 Å². The maximum Gasteiger partial charge on any atom is 0.260 e. The van der Waals surface area contributed by atoms with Crippen LogP contribution in [0.4, 0.5) is 17.1 Å². The molecule has 0 amide bonds. The third kappa shape index (κ3) is 4.92. The van der Waals surface area contributed by atoms with Crippen molar-refractivity contribution in [1.29, 1.82) is 0 Å². The molecule has 18 rings (SSSR count). The van der Waals surface area contributed by atoms with Gasteiger partial charge in [-0.3, -0.25) is 0 Å². The molecule has 0 saturated carbocycles. The molecule has 0 fully saturated rings. The van der Waals surface area contributed by atoms with Crippen molar-refractivity contribution in [2.75, 3.05) is 4.90 Å². The summed E-state index contributed by atoms with van der Waals surface area (Å²) in [7, 11) is 0. The van der Waals surface area contributed by atoms with Crippen LogP contribution >= 0.6 is 0 Å². The summed E-state index contributed by atoms with van der Waals surface area (Å²) >= 11 is 0. The molecule has 0 aliphatic carbocycles. The van der Waals surface area contributed by atoms with Crippen LogP contribution in [-0.2, 0) is 0 Å². The van der Waals surface area contributed by atoms with Gasteiger partial charge in [0.25, 0.3) is 13.4 Å². The van der Waals surface area contributed by atoms with Crippen LogP contribution in [0.2, 0.25) is 0 Å². The van der Waals surface area contributed by atoms with Gasteiger partial charge in [-0.1, -0.05) is 140 Å². The highest BCUT2D eigenvalue weighted by molar-refractivity contribution is 7.01. The molecule has 340 valence electrons. The second-order valence-electron chi connectivity index (χ2n) is 20.3. The zero-order chi connectivity index (χ0) is 47.9. The zero-order valence-electron chi connectivity index (χ0n) is 39.7. The van der Waals surface area contributed by atoms with Crippen LogP contribution in [-0.4, -0.2) is 27.1 Å². The van der Waals surface area contributed by atoms with Gasteiger partial charge in [-0.2, -0.15) is 0 Å². The van der Waals surface area contributed by atoms with E-state index in [0.29, 0.717) is 0 Å². The van der Waals surface area contributed by atoms with Crippen LogP contribution in [0.15, 0.2) is 231 Å². The van der Waals surface area contributed by atoms with E-state index in [9.17, 15) is 0 Å². The van der Waals surface area contributed by atoms with Gasteiger partial charge in [0, 0.05) is 84.4 Å². The minimum absolute atomic E-state index is 0.00107. The number of fused-ring (bicyclic) bond motifs is 19. The standard InChI is InChI=1S/C66H38B2N4O2/c1-4-18-39(19-5-1)69(40-20-6-2-7-21-40)42-32-61-63-62(33-42)74-60-38-57-46(36-52(60)68(63)50-27-13-17-31-59(50)73-61)45-35-51-58(37-56(45)70(57)41-22-8-3-9-23-41)72-54-29-15-11-25-44(54)48-34-47-43-24-10-14-28-53(43)71-55-30-16-12-26-49(55)67(51)64(65(47)71)66(48)72/h1-38H. The lowest BCUT2D eigenvalue weighted by Crippen LogP contribution is -2.59. The summed E-state index contributed by atoms with van der Waals surface area (Å²) in [6.45, 7) is -0.132. The van der Waals surface area contributed by atoms with Crippen molar-refractivity contribution in [3.8, 4) is 40.1 Å². The normalized spacial score (nSPS) is 13.3. The maximum atomic E-state index is 7.33. The highest BCUT2D eigenvalue weighted by atomic mass is 16.5. The van der Waals surface area contributed by atoms with Gasteiger partial charge >= 0.3 is 0 Å². The lowest BCUT2D eigenvalue weighted by Gasteiger charge is -2.35. The average molecular weight is 941 g/mol. The number of benzene rings is 11. The summed E-state index contributed by atoms with van der Waals surface area (Å²) in [5.74, 6) is 3.29. The van der Waals surface area contributed by atoms with Gasteiger partial charge in [0.2, 0.25) is 0 Å². The SMILES string of the molecule is c1ccc(N(c2ccccc2)c2cc3c4c(c2)Oc2cc5c(cc2B4c2ccccc2O3)c2cc3c(cc2n5-c2ccccc2)-n2c4ccccc4c4cc5c6ccccc6n6c5c(c42)B3c2ccccc2-6)cc1. The van der Waals surface area contributed by atoms with Gasteiger partial charge in [-0.05, 0) is 100 Å². The Morgan fingerprint density at radius 3 is 1.51 bits per heavy atom. The third-order valence-corrected chi connectivity index (χ3v) is 16.7. The molecule has 74 heavy (non-hydrogen) atoms. The van der Waals surface area contributed by atoms with Gasteiger partial charge in [-0.15, -0.1) is 0 Å². The fourth-order valence-electron chi connectivity index (χ4n) is 13.8. The summed E-state index contributed by atoms with van der Waals surface area (Å²) in [5.41, 5.74) is 21.2. The van der Waals surface area contributed by atoms with E-state index in [0.717, 1.165) is 73.2 Å². The number of anilines is 3. The first kappa shape index (κ1) is 39.0. The first-order valence-electron chi connectivity index (χ1n) is 25.6. The number of hydrogen-bond donors (Lipinski definition) is 0. The van der Waals surface area contributed by atoms with Crippen LogP contribution < -0.4 is 47.2 Å². The Bertz CT molecular complexity index is 4770. The summed E-state index contributed by atoms with van der Waals surface area (Å²) in [4.78, 5) is 2.28. The van der Waals surface area contributed by atoms with Crippen molar-refractivity contribution < 1.29 is 9.47 Å². The Labute approximate surface area is 425 Å². The van der Waals surface area contributed by atoms with E-state index in [1.54, 1.807) is 0 Å². The monoisotopic (exact) mass is 940 g/mol. The Kier molecular flexibility index (Phi) is 7.41. The van der Waals surface area contributed by atoms with Crippen LogP contribution in [0, 0.1) is 0 Å². The molecule has 7 heterocycles. The van der Waals surface area contributed by atoms with Crippen LogP contribution in [0.25, 0.3) is 82.5 Å². The van der Waals surface area contributed by atoms with E-state index in [1.165, 1.54) is 82.1 Å². The predicted molar refractivity (Wildman–Crippen MR) is 306 cm³/mol. The molecular formula is C66H38B2N4O2. The number of nitrogens with zero attached hydrogens (tertiary/aromatic N) is 4. The molecule has 0 atom stereocenters. The molecule has 0 radical (unpaired) electrons. The van der Waals surface area contributed by atoms with Crippen molar-refractivity contribution in [3.05, 3.63) is 231 Å². The fourth-order valence-corrected chi connectivity index (χ4v) is 13.8. The number of aromatic nitrogens is 3. The van der Waals surface area contributed by atoms with Gasteiger partial charge in [0.1, 0.15) is 23.0 Å². The molecule has 8 heteroatoms. The lowest BCUT2D eigenvalue weighted by molar-refractivity contribution is 0.465. The lowest BCUT2D eigenvalue weighted by atomic mass is 9.34. The molecule has 6 nitrogen and oxygen atoms in total. The molecule has 11 aromatic carbocycles. The van der Waals surface area contributed by atoms with Crippen LogP contribution in [0.5, 0.6) is 23.0 Å². The van der Waals surface area contributed by atoms with Gasteiger partial charge in [-0.25, -0.2) is 0 Å². The van der Waals surface area contributed by atoms with E-state index in [2.05, 4.69) is 249 Å². The van der Waals surface area contributed by atoms with E-state index in [1.807, 2.05) is 0 Å². The Balaban J connectivity index is 0.937. The van der Waals surface area contributed by atoms with E-state index < -0.39 is 0 Å². The fraction of sp³-hybridized carbons (Fsp3) is 0. The Morgan fingerprint density at radius 2 is 0.824 bits per heavy atom. The van der Waals surface area contributed by atoms with Crippen molar-refractivity contribution >= 4 is 129 Å². The first-order valence-corrected chi connectivity index (χ1v) is 25.6. The Morgan fingerprint density at radius 1 is 0.297 bits per heavy atom. The second-order valence-corrected chi connectivity index (χ2v) is 20.3. The maximum absolute atomic E-state index is 7.33. The summed E-state index contributed by atoms with van der Waals surface area (Å²) in [5, 5.41) is 7.55. The number of para-hydroxylation sites is 7. The molecule has 0 saturated heterocycles. The highest BCUT2D eigenvalue weighted by Crippen LogP contribution is 2.46. The molecule has 0 bridgehead atoms. The second kappa shape index (κ2) is 14.1. The van der Waals surface area contributed by atoms with Crippen molar-refractivity contribution in [2.45, 2.75) is 0 Å². The largest absolute Gasteiger partial charge is 0.458 e. The molecule has 0 N–H and O–H groups in total. The van der Waals surface area contributed by atoms with Crippen LogP contribution in [0.1, 0.15) is 0 Å². The summed E-state index contributed by atoms with van der Waals surface area (Å²) in [6.07, 6.45) is 0. The Hall–Kier alpha value is -9.65. The molecule has 0 unspecified atom stereocenters. The number of ether oxygens (including phenoxy) is 2. The minimum atomic E-state index is -0.131. The number of rotatable bonds is 4. The van der Waals surface area contributed by atoms with E-state index in [-0.39, 0.29) is 13.4 Å². The highest BCUT2D eigenvalue weighted by Gasteiger charge is 2.44. The molecule has 0 spiro atoms. The van der Waals surface area contributed by atoms with Crippen molar-refractivity contribution in [1.82, 2.24) is 13.7 Å². The summed E-state index contributed by atoms with van der Waals surface area (Å²) in [6, 6.07) is 84.2. The molecular weight excluding hydrogens is 902 g/mol.